The summed E-state index contributed by atoms with van der Waals surface area (Å²) in [4.78, 5) is 76.5. The summed E-state index contributed by atoms with van der Waals surface area (Å²) in [5.41, 5.74) is 24.7. The minimum atomic E-state index is -3.73. The minimum absolute atomic E-state index is 0.0856. The topological polar surface area (TPSA) is 310 Å². The largest absolute Gasteiger partial charge is 0.466 e. The van der Waals surface area contributed by atoms with Gasteiger partial charge in [0.15, 0.2) is 5.65 Å². The number of sulfonamides is 1. The zero-order valence-electron chi connectivity index (χ0n) is 86.7. The van der Waals surface area contributed by atoms with Crippen molar-refractivity contribution in [3.05, 3.63) is 344 Å². The van der Waals surface area contributed by atoms with E-state index in [1.807, 2.05) is 170 Å². The molecule has 0 saturated carbocycles. The molecule has 150 heavy (non-hydrogen) atoms. The Balaban J connectivity index is 0.000000128. The summed E-state index contributed by atoms with van der Waals surface area (Å²) in [5.74, 6) is 2.96. The van der Waals surface area contributed by atoms with Crippen molar-refractivity contribution >= 4 is 169 Å². The van der Waals surface area contributed by atoms with Crippen LogP contribution in [0.15, 0.2) is 286 Å². The van der Waals surface area contributed by atoms with Crippen LogP contribution in [0.25, 0.3) is 87.8 Å². The first kappa shape index (κ1) is 108. The number of pyridine rings is 2. The van der Waals surface area contributed by atoms with Gasteiger partial charge >= 0.3 is 17.9 Å². The SMILES string of the molecule is CC(=O)OCCCNC1N=C(c2ccc(Cl)cc2)Nc2ccccc21.CC(=O)OCCCNC1N=C(c2ccc(Cl)cc2)Nc2ccccc21.CCc1oc2ccc(NS(=O)(=O)c3ccc(C)cc3)cc2c1C(=O)OC.Cc1ccc(-c2cc(N(C)C3CCN(C)CC3)c3ccccc3n2)cc1.OCCn1c2ccccc2c2nc3ccccc3nc21.[C-]#[N+]c1c(C)c(CCC(C)C)c(N2CCN(C)CC2)n2c1nc1ccccc12. The van der Waals surface area contributed by atoms with Crippen LogP contribution in [0.3, 0.4) is 0 Å². The average molecular weight is 2070 g/mol. The number of hydrogen-bond acceptors (Lipinski definition) is 24. The van der Waals surface area contributed by atoms with Gasteiger partial charge in [-0.25, -0.2) is 48.0 Å². The van der Waals surface area contributed by atoms with E-state index in [0.717, 1.165) is 169 Å². The minimum Gasteiger partial charge on any atom is -0.466 e. The molecule has 11 aromatic carbocycles. The number of ether oxygens (including phenoxy) is 3. The molecule has 774 valence electrons. The number of carbonyl (C=O) groups is 3. The highest BCUT2D eigenvalue weighted by molar-refractivity contribution is 7.92. The lowest BCUT2D eigenvalue weighted by Crippen LogP contribution is -2.45. The van der Waals surface area contributed by atoms with Gasteiger partial charge in [0.2, 0.25) is 5.69 Å². The number of aryl methyl sites for hydroxylation is 3. The van der Waals surface area contributed by atoms with Crippen LogP contribution in [0.5, 0.6) is 0 Å². The number of para-hydroxylation sites is 8. The third kappa shape index (κ3) is 26.3. The molecule has 0 bridgehead atoms. The van der Waals surface area contributed by atoms with Crippen molar-refractivity contribution in [2.24, 2.45) is 15.9 Å². The number of rotatable bonds is 26. The number of hydrogen-bond donors (Lipinski definition) is 6. The lowest BCUT2D eigenvalue weighted by Gasteiger charge is -2.37. The lowest BCUT2D eigenvalue weighted by molar-refractivity contribution is -0.142. The number of furan rings is 1. The van der Waals surface area contributed by atoms with Crippen LogP contribution in [-0.2, 0) is 53.2 Å². The second kappa shape index (κ2) is 50.4. The molecule has 21 rings (SSSR count). The number of nitrogens with one attached hydrogen (secondary N) is 5. The number of likely N-dealkylation sites (N-methyl/N-ethyl adjacent to an activating group) is 1. The molecule has 2 atom stereocenters. The number of amidine groups is 2. The number of esters is 3. The Morgan fingerprint density at radius 1 is 0.587 bits per heavy atom. The number of aliphatic hydroxyl groups is 1. The van der Waals surface area contributed by atoms with Crippen molar-refractivity contribution in [2.45, 2.75) is 130 Å². The van der Waals surface area contributed by atoms with Gasteiger partial charge < -0.3 is 58.5 Å². The van der Waals surface area contributed by atoms with Crippen LogP contribution in [0.2, 0.25) is 10.0 Å². The Morgan fingerprint density at radius 3 is 1.66 bits per heavy atom. The average Bonchev–Trinajstić information content (AvgIpc) is 1.43. The Hall–Kier alpha value is -15.0. The van der Waals surface area contributed by atoms with Gasteiger partial charge in [-0.3, -0.25) is 29.3 Å². The summed E-state index contributed by atoms with van der Waals surface area (Å²) >= 11 is 11.9. The Bertz CT molecular complexity index is 7740. The number of likely N-dealkylation sites (tertiary alicyclic amines) is 1. The maximum atomic E-state index is 12.6. The molecule has 17 aromatic rings. The van der Waals surface area contributed by atoms with Gasteiger partial charge in [0.25, 0.3) is 10.0 Å². The summed E-state index contributed by atoms with van der Waals surface area (Å²) in [5, 5.41) is 27.1. The van der Waals surface area contributed by atoms with E-state index in [1.54, 1.807) is 42.5 Å². The van der Waals surface area contributed by atoms with E-state index in [2.05, 4.69) is 176 Å². The van der Waals surface area contributed by atoms with E-state index in [-0.39, 0.29) is 35.8 Å². The molecule has 0 radical (unpaired) electrons. The number of aliphatic imine (C=N–C) groups is 2. The summed E-state index contributed by atoms with van der Waals surface area (Å²) in [6.07, 6.45) is 6.22. The smallest absolute Gasteiger partial charge is 0.342 e. The van der Waals surface area contributed by atoms with Gasteiger partial charge in [-0.15, -0.1) is 0 Å². The third-order valence-corrected chi connectivity index (χ3v) is 28.8. The van der Waals surface area contributed by atoms with Gasteiger partial charge in [0.1, 0.15) is 57.9 Å². The maximum absolute atomic E-state index is 12.6. The monoisotopic (exact) mass is 2070 g/mol. The number of aliphatic hydroxyl groups excluding tert-OH is 1. The number of fused-ring (bicyclic) bond motifs is 11. The van der Waals surface area contributed by atoms with Crippen LogP contribution in [0.4, 0.5) is 34.3 Å². The highest BCUT2D eigenvalue weighted by atomic mass is 35.5. The highest BCUT2D eigenvalue weighted by Gasteiger charge is 2.31. The van der Waals surface area contributed by atoms with E-state index in [9.17, 15) is 27.9 Å². The highest BCUT2D eigenvalue weighted by Crippen LogP contribution is 2.42. The van der Waals surface area contributed by atoms with Crippen molar-refractivity contribution < 1.29 is 46.5 Å². The summed E-state index contributed by atoms with van der Waals surface area (Å²) < 4.78 is 52.4. The van der Waals surface area contributed by atoms with E-state index in [0.29, 0.717) is 94.9 Å². The number of nitrogens with zero attached hydrogens (tertiary/aromatic N) is 13. The summed E-state index contributed by atoms with van der Waals surface area (Å²) in [6, 6.07) is 86.9. The number of piperidine rings is 1. The summed E-state index contributed by atoms with van der Waals surface area (Å²) in [7, 11) is 4.21. The molecular weight excluding hydrogens is 1940 g/mol. The summed E-state index contributed by atoms with van der Waals surface area (Å²) in [6.45, 7) is 32.5. The molecule has 28 nitrogen and oxygen atoms in total. The predicted octanol–water partition coefficient (Wildman–Crippen LogP) is 23.6. The maximum Gasteiger partial charge on any atom is 0.342 e. The molecule has 31 heteroatoms. The fourth-order valence-electron chi connectivity index (χ4n) is 18.8. The van der Waals surface area contributed by atoms with Crippen LogP contribution in [-0.4, -0.2) is 188 Å². The van der Waals surface area contributed by atoms with Crippen molar-refractivity contribution in [3.63, 3.8) is 0 Å². The van der Waals surface area contributed by atoms with Crippen molar-refractivity contribution in [1.82, 2.24) is 49.3 Å². The number of benzene rings is 11. The van der Waals surface area contributed by atoms with Crippen molar-refractivity contribution in [2.75, 3.05) is 126 Å². The van der Waals surface area contributed by atoms with Crippen LogP contribution < -0.4 is 35.8 Å². The first-order valence-corrected chi connectivity index (χ1v) is 53.1. The number of carbonyl (C=O) groups excluding carboxylic acids is 3. The first-order chi connectivity index (χ1) is 72.6. The predicted molar refractivity (Wildman–Crippen MR) is 606 cm³/mol. The number of imidazole rings is 1. The van der Waals surface area contributed by atoms with E-state index in [4.69, 9.17) is 78.3 Å². The normalized spacial score (nSPS) is 14.5. The van der Waals surface area contributed by atoms with Crippen LogP contribution >= 0.6 is 23.2 Å². The lowest BCUT2D eigenvalue weighted by atomic mass is 9.98. The Labute approximate surface area is 885 Å². The zero-order valence-corrected chi connectivity index (χ0v) is 89.1. The van der Waals surface area contributed by atoms with Gasteiger partial charge in [-0.2, -0.15) is 0 Å². The number of piperazine rings is 1. The Morgan fingerprint density at radius 2 is 1.10 bits per heavy atom. The van der Waals surface area contributed by atoms with Crippen molar-refractivity contribution in [3.8, 4) is 11.3 Å². The molecule has 2 fully saturated rings. The molecule has 0 spiro atoms. The van der Waals surface area contributed by atoms with Gasteiger partial charge in [-0.1, -0.05) is 189 Å². The van der Waals surface area contributed by atoms with Crippen LogP contribution in [0.1, 0.15) is 140 Å². The molecule has 2 unspecified atom stereocenters. The second-order valence-corrected chi connectivity index (χ2v) is 40.6. The fourth-order valence-corrected chi connectivity index (χ4v) is 20.1. The molecule has 4 aliphatic heterocycles. The second-order valence-electron chi connectivity index (χ2n) is 38.1. The molecule has 2 saturated heterocycles. The van der Waals surface area contributed by atoms with E-state index < -0.39 is 16.0 Å². The molecule has 6 N–H and O–H groups in total. The number of aromatic nitrogens is 6. The van der Waals surface area contributed by atoms with Gasteiger partial charge in [0.05, 0.1) is 77.2 Å². The molecular formula is C119H128Cl2N18O10S. The van der Waals surface area contributed by atoms with Gasteiger partial charge in [0, 0.05) is 156 Å². The van der Waals surface area contributed by atoms with E-state index >= 15 is 0 Å². The quantitative estimate of drug-likeness (QED) is 0.0127. The Kier molecular flexibility index (Phi) is 36.2. The van der Waals surface area contributed by atoms with Crippen LogP contribution in [0, 0.1) is 33.3 Å². The fraction of sp³-hybridized carbons (Fsp3) is 0.294. The molecule has 10 heterocycles. The molecule has 6 aromatic heterocycles. The zero-order chi connectivity index (χ0) is 106. The van der Waals surface area contributed by atoms with E-state index in [1.165, 1.54) is 80.5 Å². The first-order valence-electron chi connectivity index (χ1n) is 50.9. The third-order valence-electron chi connectivity index (χ3n) is 26.9. The number of halogens is 2. The van der Waals surface area contributed by atoms with Gasteiger partial charge in [-0.05, 0) is 237 Å². The standard InChI is InChI=1S/C23H29N5.C23H27N3.2C19H20ClN3O2.C19H19NO5S.C16H13N3O/c1-16(2)10-11-18-17(3)21(24-4)22-25-19-8-6-7-9-20(19)28(22)23(18)27-14-12-26(5)13-15-27;1-17-8-10-18(11-9-17)22-16-23(20-6-4-5-7-21(20)24-22)26(3)19-12-14-25(2)15-13-19;2*1-13(24)25-12-4-11-21-19-16-5-2-3-6-17(16)22-18(23-19)14-7-9-15(20)10-8-14;1-4-16-18(19(21)24-3)15-11-13(7-10-17(15)25-16)20-26(22,23)14-8-5-12(2)6-9-14;20-10-9-19-14-8-4-1-5-11(14)15-16(19)18-13-7-3-2-6-12(13)17-15/h6-9,16H,10-15H2,1-3,5H3;4-11,16,19H,12-15H2,1-3H3;2*2-3,5-10,19,21H,4,11-12H2,1H3,(H,22,23);5-11,20H,4H2,1-3H3;1-8,20H,9-10H2. The molecule has 0 amide bonds. The molecule has 0 aliphatic carbocycles. The van der Waals surface area contributed by atoms with Crippen molar-refractivity contribution in [1.29, 1.82) is 0 Å². The number of anilines is 5. The molecule has 4 aliphatic rings. The number of methoxy groups -OCH3 is 1.